The first-order valence-corrected chi connectivity index (χ1v) is 6.78. The predicted molar refractivity (Wildman–Crippen MR) is 71.6 cm³/mol. The summed E-state index contributed by atoms with van der Waals surface area (Å²) in [6.07, 6.45) is 2.89. The zero-order chi connectivity index (χ0) is 12.1. The van der Waals surface area contributed by atoms with Gasteiger partial charge in [-0.25, -0.2) is 0 Å². The summed E-state index contributed by atoms with van der Waals surface area (Å²) in [6.45, 7) is 1.65. The van der Waals surface area contributed by atoms with Crippen LogP contribution in [0.3, 0.4) is 0 Å². The minimum absolute atomic E-state index is 0.129. The molecule has 3 nitrogen and oxygen atoms in total. The van der Waals surface area contributed by atoms with Gasteiger partial charge in [-0.2, -0.15) is 0 Å². The van der Waals surface area contributed by atoms with Crippen molar-refractivity contribution in [2.75, 3.05) is 6.54 Å². The number of hydrogen-bond donors (Lipinski definition) is 2. The molecule has 1 heterocycles. The number of rotatable bonds is 4. The van der Waals surface area contributed by atoms with Crippen LogP contribution >= 0.6 is 15.9 Å². The molecule has 1 fully saturated rings. The molecule has 0 bridgehead atoms. The highest BCUT2D eigenvalue weighted by atomic mass is 79.9. The monoisotopic (exact) mass is 296 g/mol. The van der Waals surface area contributed by atoms with Crippen molar-refractivity contribution in [3.8, 4) is 0 Å². The molecule has 2 rings (SSSR count). The van der Waals surface area contributed by atoms with Crippen molar-refractivity contribution in [2.24, 2.45) is 0 Å². The molecule has 1 aliphatic heterocycles. The number of halogens is 1. The van der Waals surface area contributed by atoms with E-state index in [9.17, 15) is 4.79 Å². The molecule has 0 radical (unpaired) electrons. The number of carbonyl (C=O) groups is 1. The van der Waals surface area contributed by atoms with E-state index in [0.29, 0.717) is 19.0 Å². The molecule has 4 heteroatoms. The lowest BCUT2D eigenvalue weighted by Crippen LogP contribution is -2.31. The molecular formula is C13H17BrN2O. The maximum Gasteiger partial charge on any atom is 0.221 e. The van der Waals surface area contributed by atoms with E-state index in [4.69, 9.17) is 0 Å². The molecule has 1 unspecified atom stereocenters. The second-order valence-electron chi connectivity index (χ2n) is 4.40. The van der Waals surface area contributed by atoms with Gasteiger partial charge in [-0.3, -0.25) is 4.79 Å². The molecule has 1 aromatic carbocycles. The zero-order valence-corrected chi connectivity index (χ0v) is 11.3. The Morgan fingerprint density at radius 1 is 1.53 bits per heavy atom. The van der Waals surface area contributed by atoms with Gasteiger partial charge in [0.1, 0.15) is 0 Å². The highest BCUT2D eigenvalue weighted by Gasteiger charge is 2.17. The van der Waals surface area contributed by atoms with E-state index in [1.54, 1.807) is 0 Å². The highest BCUT2D eigenvalue weighted by molar-refractivity contribution is 9.10. The van der Waals surface area contributed by atoms with Gasteiger partial charge in [-0.05, 0) is 37.1 Å². The third-order valence-electron chi connectivity index (χ3n) is 2.97. The minimum Gasteiger partial charge on any atom is -0.352 e. The third-order valence-corrected chi connectivity index (χ3v) is 3.47. The molecule has 1 saturated heterocycles. The lowest BCUT2D eigenvalue weighted by atomic mass is 10.1. The molecule has 17 heavy (non-hydrogen) atoms. The fraction of sp³-hybridized carbons (Fsp3) is 0.462. The fourth-order valence-corrected chi connectivity index (χ4v) is 2.52. The lowest BCUT2D eigenvalue weighted by Gasteiger charge is -2.10. The molecule has 2 N–H and O–H groups in total. The Bertz CT molecular complexity index is 389. The number of hydrogen-bond acceptors (Lipinski definition) is 2. The first-order valence-electron chi connectivity index (χ1n) is 5.98. The second kappa shape index (κ2) is 6.17. The summed E-state index contributed by atoms with van der Waals surface area (Å²) in [4.78, 5) is 11.7. The van der Waals surface area contributed by atoms with Crippen LogP contribution in [0.25, 0.3) is 0 Å². The van der Waals surface area contributed by atoms with Gasteiger partial charge in [0.2, 0.25) is 5.91 Å². The van der Waals surface area contributed by atoms with E-state index in [0.717, 1.165) is 23.0 Å². The summed E-state index contributed by atoms with van der Waals surface area (Å²) in [7, 11) is 0. The number of carbonyl (C=O) groups excluding carboxylic acids is 1. The van der Waals surface area contributed by atoms with Crippen LogP contribution in [0.4, 0.5) is 0 Å². The molecule has 1 atom stereocenters. The van der Waals surface area contributed by atoms with Crippen LogP contribution in [-0.4, -0.2) is 18.5 Å². The highest BCUT2D eigenvalue weighted by Crippen LogP contribution is 2.12. The molecule has 0 aromatic heterocycles. The average molecular weight is 297 g/mol. The van der Waals surface area contributed by atoms with Crippen molar-refractivity contribution in [3.63, 3.8) is 0 Å². The molecule has 0 spiro atoms. The van der Waals surface area contributed by atoms with Crippen molar-refractivity contribution < 1.29 is 4.79 Å². The van der Waals surface area contributed by atoms with Gasteiger partial charge in [-0.15, -0.1) is 0 Å². The van der Waals surface area contributed by atoms with E-state index in [1.165, 1.54) is 6.42 Å². The van der Waals surface area contributed by atoms with E-state index in [-0.39, 0.29) is 5.91 Å². The van der Waals surface area contributed by atoms with E-state index in [2.05, 4.69) is 26.6 Å². The van der Waals surface area contributed by atoms with Gasteiger partial charge in [-0.1, -0.05) is 28.1 Å². The third kappa shape index (κ3) is 4.13. The van der Waals surface area contributed by atoms with Gasteiger partial charge < -0.3 is 10.6 Å². The van der Waals surface area contributed by atoms with Crippen LogP contribution in [0.1, 0.15) is 24.8 Å². The standard InChI is InChI=1S/C13H17BrN2O/c14-11-4-1-3-10(7-11)9-16-13(17)8-12-5-2-6-15-12/h1,3-4,7,12,15H,2,5-6,8-9H2,(H,16,17). The zero-order valence-electron chi connectivity index (χ0n) is 9.71. The van der Waals surface area contributed by atoms with Gasteiger partial charge in [0.15, 0.2) is 0 Å². The summed E-state index contributed by atoms with van der Waals surface area (Å²) in [5.41, 5.74) is 1.12. The van der Waals surface area contributed by atoms with E-state index in [1.807, 2.05) is 24.3 Å². The Labute approximate surface area is 110 Å². The number of amides is 1. The van der Waals surface area contributed by atoms with E-state index < -0.39 is 0 Å². The average Bonchev–Trinajstić information content (AvgIpc) is 2.79. The van der Waals surface area contributed by atoms with Crippen molar-refractivity contribution in [2.45, 2.75) is 31.8 Å². The predicted octanol–water partition coefficient (Wildman–Crippen LogP) is 2.21. The molecule has 92 valence electrons. The molecule has 0 aliphatic carbocycles. The van der Waals surface area contributed by atoms with Gasteiger partial charge in [0.05, 0.1) is 0 Å². The van der Waals surface area contributed by atoms with Crippen LogP contribution in [0.5, 0.6) is 0 Å². The summed E-state index contributed by atoms with van der Waals surface area (Å²) >= 11 is 3.42. The lowest BCUT2D eigenvalue weighted by molar-refractivity contribution is -0.121. The first-order chi connectivity index (χ1) is 8.24. The smallest absolute Gasteiger partial charge is 0.221 e. The minimum atomic E-state index is 0.129. The Balaban J connectivity index is 1.75. The van der Waals surface area contributed by atoms with Crippen LogP contribution in [0.15, 0.2) is 28.7 Å². The van der Waals surface area contributed by atoms with Crippen LogP contribution in [0, 0.1) is 0 Å². The summed E-state index contributed by atoms with van der Waals surface area (Å²) < 4.78 is 1.04. The Morgan fingerprint density at radius 2 is 2.41 bits per heavy atom. The summed E-state index contributed by atoms with van der Waals surface area (Å²) in [5, 5.41) is 6.28. The first kappa shape index (κ1) is 12.6. The Morgan fingerprint density at radius 3 is 3.12 bits per heavy atom. The van der Waals surface area contributed by atoms with Crippen LogP contribution < -0.4 is 10.6 Å². The molecule has 1 aliphatic rings. The van der Waals surface area contributed by atoms with Gasteiger partial charge >= 0.3 is 0 Å². The maximum atomic E-state index is 11.7. The van der Waals surface area contributed by atoms with E-state index >= 15 is 0 Å². The SMILES string of the molecule is O=C(CC1CCCN1)NCc1cccc(Br)c1. The van der Waals surface area contributed by atoms with Crippen LogP contribution in [0.2, 0.25) is 0 Å². The Kier molecular flexibility index (Phi) is 4.57. The van der Waals surface area contributed by atoms with Crippen molar-refractivity contribution in [1.82, 2.24) is 10.6 Å². The van der Waals surface area contributed by atoms with Crippen molar-refractivity contribution >= 4 is 21.8 Å². The topological polar surface area (TPSA) is 41.1 Å². The number of nitrogens with one attached hydrogen (secondary N) is 2. The van der Waals surface area contributed by atoms with Gasteiger partial charge in [0.25, 0.3) is 0 Å². The van der Waals surface area contributed by atoms with Crippen molar-refractivity contribution in [3.05, 3.63) is 34.3 Å². The van der Waals surface area contributed by atoms with Crippen LogP contribution in [-0.2, 0) is 11.3 Å². The molecule has 1 amide bonds. The van der Waals surface area contributed by atoms with Crippen molar-refractivity contribution in [1.29, 1.82) is 0 Å². The number of benzene rings is 1. The normalized spacial score (nSPS) is 19.2. The maximum absolute atomic E-state index is 11.7. The largest absolute Gasteiger partial charge is 0.352 e. The van der Waals surface area contributed by atoms with Gasteiger partial charge in [0, 0.05) is 23.5 Å². The fourth-order valence-electron chi connectivity index (χ4n) is 2.07. The molecule has 0 saturated carbocycles. The quantitative estimate of drug-likeness (QED) is 0.894. The molecular weight excluding hydrogens is 280 g/mol. The Hall–Kier alpha value is -0.870. The second-order valence-corrected chi connectivity index (χ2v) is 5.32. The summed E-state index contributed by atoms with van der Waals surface area (Å²) in [5.74, 6) is 0.129. The summed E-state index contributed by atoms with van der Waals surface area (Å²) in [6, 6.07) is 8.36. The molecule has 1 aromatic rings.